The molecule has 0 aliphatic heterocycles. The molecule has 24 heteroatoms. The number of fused-ring (bicyclic) bond motifs is 1. The fraction of sp³-hybridized carbons (Fsp3) is 0.289. The van der Waals surface area contributed by atoms with E-state index < -0.39 is 35.0 Å². The van der Waals surface area contributed by atoms with Crippen molar-refractivity contribution in [3.8, 4) is 29.4 Å². The van der Waals surface area contributed by atoms with Crippen LogP contribution in [0.4, 0.5) is 5.69 Å². The summed E-state index contributed by atoms with van der Waals surface area (Å²) in [5, 5.41) is 35.4. The summed E-state index contributed by atoms with van der Waals surface area (Å²) >= 11 is 12.9. The van der Waals surface area contributed by atoms with Crippen LogP contribution in [0.5, 0.6) is 17.2 Å². The Balaban J connectivity index is 0.000000331. The van der Waals surface area contributed by atoms with Gasteiger partial charge in [-0.1, -0.05) is 23.2 Å². The van der Waals surface area contributed by atoms with E-state index in [4.69, 9.17) is 64.2 Å². The minimum atomic E-state index is -4.96. The first-order valence-electron chi connectivity index (χ1n) is 17.4. The minimum Gasteiger partial charge on any atom is -0.726 e. The van der Waals surface area contributed by atoms with Gasteiger partial charge in [0.25, 0.3) is 17.2 Å². The van der Waals surface area contributed by atoms with Crippen LogP contribution in [0.15, 0.2) is 54.7 Å². The minimum absolute atomic E-state index is 0.0623. The van der Waals surface area contributed by atoms with Gasteiger partial charge in [0.2, 0.25) is 10.4 Å². The molecule has 0 atom stereocenters. The lowest BCUT2D eigenvalue weighted by atomic mass is 10.1. The summed E-state index contributed by atoms with van der Waals surface area (Å²) < 4.78 is 75.2. The Morgan fingerprint density at radius 3 is 2.03 bits per heavy atom. The normalized spacial score (nSPS) is 12.0. The highest BCUT2D eigenvalue weighted by Crippen LogP contribution is 2.28. The lowest BCUT2D eigenvalue weighted by Crippen LogP contribution is -2.38. The highest BCUT2D eigenvalue weighted by molar-refractivity contribution is 7.89. The number of imidazole rings is 1. The Labute approximate surface area is 370 Å². The monoisotopic (exact) mass is 932 g/mol. The molecule has 1 N–H and O–H groups in total. The number of nitrogens with one attached hydrogen (secondary N) is 1. The maximum atomic E-state index is 10.5. The largest absolute Gasteiger partial charge is 0.726 e. The summed E-state index contributed by atoms with van der Waals surface area (Å²) in [6.45, 7) is 15.3. The molecule has 4 rings (SSSR count). The van der Waals surface area contributed by atoms with Gasteiger partial charge in [0.15, 0.2) is 23.4 Å². The van der Waals surface area contributed by atoms with Gasteiger partial charge in [0, 0.05) is 54.8 Å². The molecule has 0 fully saturated rings. The van der Waals surface area contributed by atoms with E-state index in [1.54, 1.807) is 33.5 Å². The maximum Gasteiger partial charge on any atom is 0.284 e. The highest BCUT2D eigenvalue weighted by Gasteiger charge is 2.24. The van der Waals surface area contributed by atoms with Gasteiger partial charge < -0.3 is 38.8 Å². The second-order valence-corrected chi connectivity index (χ2v) is 13.9. The quantitative estimate of drug-likeness (QED) is 0.0173. The molecule has 328 valence electrons. The van der Waals surface area contributed by atoms with Crippen LogP contribution < -0.4 is 39.8 Å². The number of nitrogens with zero attached hydrogens (tertiary/aromatic N) is 6. The molecule has 1 aromatic heterocycles. The van der Waals surface area contributed by atoms with E-state index in [1.165, 1.54) is 6.07 Å². The van der Waals surface area contributed by atoms with Crippen LogP contribution in [0.1, 0.15) is 5.82 Å². The second kappa shape index (κ2) is 26.6. The number of rotatable bonds is 22. The van der Waals surface area contributed by atoms with Crippen LogP contribution in [-0.4, -0.2) is 78.5 Å². The number of ether oxygens (including phenoxy) is 5. The summed E-state index contributed by atoms with van der Waals surface area (Å²) in [5.74, 6) is 1.55. The number of nitriles is 2. The van der Waals surface area contributed by atoms with Gasteiger partial charge in [0.1, 0.15) is 43.6 Å². The van der Waals surface area contributed by atoms with E-state index >= 15 is 0 Å². The van der Waals surface area contributed by atoms with Gasteiger partial charge in [-0.15, -0.1) is 4.33 Å². The lowest BCUT2D eigenvalue weighted by molar-refractivity contribution is -0.777. The van der Waals surface area contributed by atoms with Gasteiger partial charge in [-0.25, -0.2) is 37.8 Å². The van der Waals surface area contributed by atoms with E-state index in [1.807, 2.05) is 48.7 Å². The van der Waals surface area contributed by atoms with Crippen molar-refractivity contribution in [1.82, 2.24) is 4.57 Å². The number of hydrogen-bond acceptors (Lipinski definition) is 17. The Kier molecular flexibility index (Phi) is 21.8. The average Bonchev–Trinajstić information content (AvgIpc) is 3.53. The smallest absolute Gasteiger partial charge is 0.284 e. The number of benzene rings is 3. The zero-order valence-corrected chi connectivity index (χ0v) is 36.1. The molecule has 0 saturated heterocycles. The van der Waals surface area contributed by atoms with E-state index in [9.17, 15) is 28.8 Å². The van der Waals surface area contributed by atoms with Crippen LogP contribution in [0.25, 0.3) is 38.2 Å². The molecule has 0 aliphatic carbocycles. The van der Waals surface area contributed by atoms with Crippen molar-refractivity contribution >= 4 is 80.1 Å². The highest BCUT2D eigenvalue weighted by atomic mass is 35.5. The van der Waals surface area contributed by atoms with Crippen LogP contribution in [0.2, 0.25) is 10.0 Å². The van der Waals surface area contributed by atoms with Crippen molar-refractivity contribution in [2.75, 3.05) is 66.3 Å². The summed E-state index contributed by atoms with van der Waals surface area (Å²) in [6, 6.07) is 17.1. The molecule has 0 radical (unpaired) electrons. The molecule has 0 spiro atoms. The summed E-state index contributed by atoms with van der Waals surface area (Å²) in [4.78, 5) is 6.14. The number of halogens is 2. The van der Waals surface area contributed by atoms with Crippen LogP contribution in [-0.2, 0) is 50.7 Å². The number of methoxy groups -OCH3 is 3. The van der Waals surface area contributed by atoms with Crippen LogP contribution >= 0.6 is 35.5 Å². The summed E-state index contributed by atoms with van der Waals surface area (Å²) in [5.41, 5.74) is 2.07. The van der Waals surface area contributed by atoms with E-state index in [0.29, 0.717) is 36.3 Å². The molecule has 3 aromatic carbocycles. The second-order valence-electron chi connectivity index (χ2n) is 11.6. The molecule has 1 heterocycles. The Bertz CT molecular complexity index is 2500. The van der Waals surface area contributed by atoms with Gasteiger partial charge >= 0.3 is 0 Å². The van der Waals surface area contributed by atoms with Crippen LogP contribution in [0.3, 0.4) is 0 Å². The standard InChI is InChI=1S/C22H25Cl2N3O3.C16H12N4O10S2/c1-28-12-10-26-20-14-18(23)19(24)15-21(20)27(11-13-29-2)22(26)8-9-25-16-4-6-17(30-3)7-5-16;1-19-13(9-17)11-8-16(26-4-6-28-32(22,23)24)12(14(10-18)20-2)7-15(11)25-3-5-27-31-30-29-21/h4-9,14-15H,10-13H2,1-3H3;7-8,21H,3-6H2,(H,22,23,24)/p-1/b;13-11-,14-12+. The number of anilines is 1. The van der Waals surface area contributed by atoms with Crippen molar-refractivity contribution in [3.63, 3.8) is 0 Å². The summed E-state index contributed by atoms with van der Waals surface area (Å²) in [6.07, 6.45) is 3.93. The lowest BCUT2D eigenvalue weighted by Gasteiger charge is -2.13. The maximum absolute atomic E-state index is 10.5. The first-order valence-corrected chi connectivity index (χ1v) is 20.2. The summed E-state index contributed by atoms with van der Waals surface area (Å²) in [7, 11) is 0.0707. The molecule has 62 heavy (non-hydrogen) atoms. The SMILES string of the molecule is COCCn1c(C=CNc2ccc(OC)cc2)[n+](CCOC)c2cc(Cl)c(Cl)cc21.[C-]#[N+]/C(C#N)=c1/cc(OCCOS(=O)(=O)[O-])/c(=C(\C#N)[N+]#[C-])cc1OCCOSOO[O-]. The van der Waals surface area contributed by atoms with Crippen molar-refractivity contribution < 1.29 is 64.2 Å². The van der Waals surface area contributed by atoms with Gasteiger partial charge in [-0.2, -0.15) is 0 Å². The van der Waals surface area contributed by atoms with Gasteiger partial charge in [-0.05, 0) is 36.4 Å². The number of hydrogen-bond donors (Lipinski definition) is 1. The molecular formula is C38H36Cl2N7O13S2-. The van der Waals surface area contributed by atoms with Gasteiger partial charge in [-0.3, -0.25) is 13.4 Å². The third-order valence-electron chi connectivity index (χ3n) is 7.89. The molecule has 0 amide bonds. The van der Waals surface area contributed by atoms with Crippen molar-refractivity contribution in [2.45, 2.75) is 13.1 Å². The molecule has 20 nitrogen and oxygen atoms in total. The molecule has 0 saturated carbocycles. The molecule has 0 aliphatic rings. The first kappa shape index (κ1) is 50.7. The third-order valence-corrected chi connectivity index (χ3v) is 9.44. The van der Waals surface area contributed by atoms with Crippen molar-refractivity contribution in [3.05, 3.63) is 104 Å². The topological polar surface area (TPSA) is 240 Å². The molecule has 4 aromatic rings. The van der Waals surface area contributed by atoms with Crippen molar-refractivity contribution in [1.29, 1.82) is 10.5 Å². The fourth-order valence-electron chi connectivity index (χ4n) is 5.26. The van der Waals surface area contributed by atoms with E-state index in [2.05, 4.69) is 37.7 Å². The molecule has 0 unspecified atom stereocenters. The third kappa shape index (κ3) is 15.4. The first-order chi connectivity index (χ1) is 29.9. The zero-order valence-electron chi connectivity index (χ0n) is 33.0. The van der Waals surface area contributed by atoms with Crippen molar-refractivity contribution in [2.24, 2.45) is 0 Å². The predicted octanol–water partition coefficient (Wildman–Crippen LogP) is 3.45. The van der Waals surface area contributed by atoms with E-state index in [0.717, 1.165) is 34.4 Å². The van der Waals surface area contributed by atoms with Gasteiger partial charge in [0.05, 0.1) is 68.9 Å². The average molecular weight is 934 g/mol. The molecular weight excluding hydrogens is 897 g/mol. The Morgan fingerprint density at radius 1 is 0.903 bits per heavy atom. The van der Waals surface area contributed by atoms with E-state index in [-0.39, 0.29) is 47.5 Å². The Hall–Kier alpha value is -5.67. The fourth-order valence-corrected chi connectivity index (χ4v) is 6.05. The van der Waals surface area contributed by atoms with Crippen LogP contribution in [0, 0.1) is 35.8 Å². The Morgan fingerprint density at radius 2 is 1.50 bits per heavy atom. The predicted molar refractivity (Wildman–Crippen MR) is 221 cm³/mol. The molecule has 0 bridgehead atoms. The zero-order chi connectivity index (χ0) is 45.5. The number of aromatic nitrogens is 2.